The zero-order valence-corrected chi connectivity index (χ0v) is 14.5. The Morgan fingerprint density at radius 3 is 2.79 bits per heavy atom. The SMILES string of the molecule is CC(O)C1CCN(C(=O)c2cc(C3CC3)nc3ccc(Cl)cc23)C1. The van der Waals surface area contributed by atoms with Gasteiger partial charge in [-0.1, -0.05) is 11.6 Å². The fourth-order valence-corrected chi connectivity index (χ4v) is 3.69. The summed E-state index contributed by atoms with van der Waals surface area (Å²) in [6.45, 7) is 3.10. The van der Waals surface area contributed by atoms with Gasteiger partial charge in [0, 0.05) is 41.0 Å². The van der Waals surface area contributed by atoms with E-state index in [0.29, 0.717) is 29.6 Å². The molecule has 0 spiro atoms. The van der Waals surface area contributed by atoms with Gasteiger partial charge in [-0.2, -0.15) is 0 Å². The number of rotatable bonds is 3. The van der Waals surface area contributed by atoms with Crippen LogP contribution in [0.15, 0.2) is 24.3 Å². The van der Waals surface area contributed by atoms with E-state index >= 15 is 0 Å². The van der Waals surface area contributed by atoms with Gasteiger partial charge in [-0.05, 0) is 50.5 Å². The molecule has 2 unspecified atom stereocenters. The molecule has 1 amide bonds. The lowest BCUT2D eigenvalue weighted by Crippen LogP contribution is -2.30. The fraction of sp³-hybridized carbons (Fsp3) is 0.474. The first-order chi connectivity index (χ1) is 11.5. The van der Waals surface area contributed by atoms with Crippen LogP contribution in [0.25, 0.3) is 10.9 Å². The van der Waals surface area contributed by atoms with Gasteiger partial charge < -0.3 is 10.0 Å². The number of carbonyl (C=O) groups is 1. The van der Waals surface area contributed by atoms with Crippen molar-refractivity contribution in [1.29, 1.82) is 0 Å². The maximum absolute atomic E-state index is 13.1. The van der Waals surface area contributed by atoms with Crippen molar-refractivity contribution in [1.82, 2.24) is 9.88 Å². The maximum atomic E-state index is 13.1. The number of aromatic nitrogens is 1. The number of amides is 1. The van der Waals surface area contributed by atoms with E-state index in [-0.39, 0.29) is 17.9 Å². The van der Waals surface area contributed by atoms with Crippen LogP contribution in [0.3, 0.4) is 0 Å². The topological polar surface area (TPSA) is 53.4 Å². The summed E-state index contributed by atoms with van der Waals surface area (Å²) in [6, 6.07) is 7.49. The molecule has 0 bridgehead atoms. The van der Waals surface area contributed by atoms with Gasteiger partial charge in [0.25, 0.3) is 5.91 Å². The highest BCUT2D eigenvalue weighted by atomic mass is 35.5. The number of hydrogen-bond donors (Lipinski definition) is 1. The highest BCUT2D eigenvalue weighted by Crippen LogP contribution is 2.40. The van der Waals surface area contributed by atoms with E-state index in [1.54, 1.807) is 6.92 Å². The van der Waals surface area contributed by atoms with E-state index in [0.717, 1.165) is 35.9 Å². The molecule has 2 atom stereocenters. The van der Waals surface area contributed by atoms with Crippen LogP contribution in [0, 0.1) is 5.92 Å². The fourth-order valence-electron chi connectivity index (χ4n) is 3.52. The number of nitrogens with zero attached hydrogens (tertiary/aromatic N) is 2. The molecule has 5 heteroatoms. The van der Waals surface area contributed by atoms with E-state index in [1.807, 2.05) is 29.2 Å². The molecule has 24 heavy (non-hydrogen) atoms. The second-order valence-corrected chi connectivity index (χ2v) is 7.51. The molecule has 2 fully saturated rings. The van der Waals surface area contributed by atoms with Crippen molar-refractivity contribution in [2.24, 2.45) is 5.92 Å². The van der Waals surface area contributed by atoms with Crippen LogP contribution in [0.2, 0.25) is 5.02 Å². The molecule has 0 radical (unpaired) electrons. The Bertz CT molecular complexity index is 801. The highest BCUT2D eigenvalue weighted by Gasteiger charge is 2.32. The average Bonchev–Trinajstić information content (AvgIpc) is 3.29. The first kappa shape index (κ1) is 15.9. The standard InChI is InChI=1S/C19H21ClN2O2/c1-11(23)13-6-7-22(10-13)19(24)16-9-18(12-2-3-12)21-17-5-4-14(20)8-15(16)17/h4-5,8-9,11-13,23H,2-3,6-7,10H2,1H3. The molecule has 2 aromatic rings. The summed E-state index contributed by atoms with van der Waals surface area (Å²) in [5.74, 6) is 0.670. The molecule has 1 aromatic carbocycles. The third-order valence-electron chi connectivity index (χ3n) is 5.21. The van der Waals surface area contributed by atoms with E-state index in [4.69, 9.17) is 16.6 Å². The Hall–Kier alpha value is -1.65. The number of aliphatic hydroxyl groups is 1. The lowest BCUT2D eigenvalue weighted by atomic mass is 10.0. The van der Waals surface area contributed by atoms with Crippen molar-refractivity contribution >= 4 is 28.4 Å². The molecule has 2 aliphatic rings. The van der Waals surface area contributed by atoms with Gasteiger partial charge in [0.2, 0.25) is 0 Å². The first-order valence-electron chi connectivity index (χ1n) is 8.60. The Morgan fingerprint density at radius 2 is 2.12 bits per heavy atom. The summed E-state index contributed by atoms with van der Waals surface area (Å²) in [5.41, 5.74) is 2.54. The predicted molar refractivity (Wildman–Crippen MR) is 94.4 cm³/mol. The van der Waals surface area contributed by atoms with Crippen LogP contribution < -0.4 is 0 Å². The number of aliphatic hydroxyl groups excluding tert-OH is 1. The monoisotopic (exact) mass is 344 g/mol. The van der Waals surface area contributed by atoms with Gasteiger partial charge in [-0.25, -0.2) is 0 Å². The normalized spacial score (nSPS) is 22.1. The molecular weight excluding hydrogens is 324 g/mol. The van der Waals surface area contributed by atoms with E-state index < -0.39 is 0 Å². The molecule has 1 aliphatic heterocycles. The van der Waals surface area contributed by atoms with Gasteiger partial charge in [0.15, 0.2) is 0 Å². The van der Waals surface area contributed by atoms with Gasteiger partial charge in [0.05, 0.1) is 17.2 Å². The summed E-state index contributed by atoms with van der Waals surface area (Å²) in [7, 11) is 0. The van der Waals surface area contributed by atoms with Crippen LogP contribution in [0.1, 0.15) is 48.2 Å². The van der Waals surface area contributed by atoms with Gasteiger partial charge in [0.1, 0.15) is 0 Å². The van der Waals surface area contributed by atoms with Gasteiger partial charge >= 0.3 is 0 Å². The van der Waals surface area contributed by atoms with Crippen LogP contribution >= 0.6 is 11.6 Å². The van der Waals surface area contributed by atoms with Crippen LogP contribution in [-0.4, -0.2) is 40.1 Å². The largest absolute Gasteiger partial charge is 0.393 e. The number of carbonyl (C=O) groups excluding carboxylic acids is 1. The lowest BCUT2D eigenvalue weighted by Gasteiger charge is -2.19. The summed E-state index contributed by atoms with van der Waals surface area (Å²) in [6.07, 6.45) is 2.76. The zero-order chi connectivity index (χ0) is 16.8. The molecular formula is C19H21ClN2O2. The number of fused-ring (bicyclic) bond motifs is 1. The van der Waals surface area contributed by atoms with Crippen molar-refractivity contribution in [3.63, 3.8) is 0 Å². The van der Waals surface area contributed by atoms with Gasteiger partial charge in [-0.15, -0.1) is 0 Å². The molecule has 126 valence electrons. The Balaban J connectivity index is 1.74. The second-order valence-electron chi connectivity index (χ2n) is 7.07. The van der Waals surface area contributed by atoms with E-state index in [1.165, 1.54) is 0 Å². The molecule has 4 rings (SSSR count). The third kappa shape index (κ3) is 2.89. The number of likely N-dealkylation sites (tertiary alicyclic amines) is 1. The first-order valence-corrected chi connectivity index (χ1v) is 8.98. The summed E-state index contributed by atoms with van der Waals surface area (Å²) >= 11 is 6.15. The number of halogens is 1. The third-order valence-corrected chi connectivity index (χ3v) is 5.45. The molecule has 2 heterocycles. The van der Waals surface area contributed by atoms with E-state index in [2.05, 4.69) is 0 Å². The smallest absolute Gasteiger partial charge is 0.254 e. The Labute approximate surface area is 146 Å². The molecule has 1 saturated heterocycles. The lowest BCUT2D eigenvalue weighted by molar-refractivity contribution is 0.0764. The number of hydrogen-bond acceptors (Lipinski definition) is 3. The van der Waals surface area contributed by atoms with Crippen molar-refractivity contribution in [3.05, 3.63) is 40.5 Å². The quantitative estimate of drug-likeness (QED) is 0.925. The summed E-state index contributed by atoms with van der Waals surface area (Å²) in [4.78, 5) is 19.7. The minimum Gasteiger partial charge on any atom is -0.393 e. The van der Waals surface area contributed by atoms with Gasteiger partial charge in [-0.3, -0.25) is 9.78 Å². The number of benzene rings is 1. The number of pyridine rings is 1. The second kappa shape index (κ2) is 6.01. The average molecular weight is 345 g/mol. The highest BCUT2D eigenvalue weighted by molar-refractivity contribution is 6.31. The minimum atomic E-state index is -0.381. The summed E-state index contributed by atoms with van der Waals surface area (Å²) in [5, 5.41) is 11.2. The minimum absolute atomic E-state index is 0.0229. The van der Waals surface area contributed by atoms with Crippen LogP contribution in [0.5, 0.6) is 0 Å². The molecule has 1 N–H and O–H groups in total. The summed E-state index contributed by atoms with van der Waals surface area (Å²) < 4.78 is 0. The Morgan fingerprint density at radius 1 is 1.33 bits per heavy atom. The van der Waals surface area contributed by atoms with Crippen LogP contribution in [-0.2, 0) is 0 Å². The van der Waals surface area contributed by atoms with E-state index in [9.17, 15) is 9.90 Å². The van der Waals surface area contributed by atoms with Crippen molar-refractivity contribution in [2.75, 3.05) is 13.1 Å². The van der Waals surface area contributed by atoms with Crippen molar-refractivity contribution in [2.45, 2.75) is 38.2 Å². The molecule has 1 saturated carbocycles. The van der Waals surface area contributed by atoms with Crippen LogP contribution in [0.4, 0.5) is 0 Å². The predicted octanol–water partition coefficient (Wildman–Crippen LogP) is 3.61. The molecule has 1 aromatic heterocycles. The molecule has 1 aliphatic carbocycles. The zero-order valence-electron chi connectivity index (χ0n) is 13.7. The van der Waals surface area contributed by atoms with Crippen molar-refractivity contribution in [3.8, 4) is 0 Å². The maximum Gasteiger partial charge on any atom is 0.254 e. The molecule has 4 nitrogen and oxygen atoms in total. The van der Waals surface area contributed by atoms with Crippen molar-refractivity contribution < 1.29 is 9.90 Å². The Kier molecular flexibility index (Phi) is 3.97.